The monoisotopic (exact) mass is 283 g/mol. The van der Waals surface area contributed by atoms with Gasteiger partial charge in [0, 0.05) is 18.5 Å². The van der Waals surface area contributed by atoms with Crippen LogP contribution in [0.1, 0.15) is 38.3 Å². The van der Waals surface area contributed by atoms with E-state index in [1.807, 2.05) is 25.7 Å². The van der Waals surface area contributed by atoms with Crippen molar-refractivity contribution in [2.75, 3.05) is 13.1 Å². The van der Waals surface area contributed by atoms with Gasteiger partial charge in [0.15, 0.2) is 0 Å². The number of carbonyl (C=O) groups excluding carboxylic acids is 1. The molecule has 1 aromatic carbocycles. The minimum atomic E-state index is -0.431. The Morgan fingerprint density at radius 3 is 2.62 bits per heavy atom. The number of fused-ring (bicyclic) bond motifs is 1. The predicted molar refractivity (Wildman–Crippen MR) is 83.5 cm³/mol. The van der Waals surface area contributed by atoms with Crippen molar-refractivity contribution in [1.29, 1.82) is 0 Å². The summed E-state index contributed by atoms with van der Waals surface area (Å²) in [4.78, 5) is 14.0. The van der Waals surface area contributed by atoms with E-state index in [0.29, 0.717) is 12.2 Å². The Balaban J connectivity index is 1.70. The summed E-state index contributed by atoms with van der Waals surface area (Å²) < 4.78 is 5.48. The van der Waals surface area contributed by atoms with Crippen LogP contribution in [-0.2, 0) is 16.5 Å². The highest BCUT2D eigenvalue weighted by atomic mass is 16.6. The molecule has 1 aromatic rings. The summed E-state index contributed by atoms with van der Waals surface area (Å²) in [5, 5.41) is 0. The summed E-state index contributed by atoms with van der Waals surface area (Å²) in [5.74, 6) is 0.578. The quantitative estimate of drug-likeness (QED) is 0.781. The fourth-order valence-corrected chi connectivity index (χ4v) is 3.37. The van der Waals surface area contributed by atoms with E-state index in [0.717, 1.165) is 18.7 Å². The lowest BCUT2D eigenvalue weighted by Crippen LogP contribution is -2.37. The molecule has 0 N–H and O–H groups in total. The topological polar surface area (TPSA) is 29.5 Å². The number of amides is 1. The van der Waals surface area contributed by atoms with Gasteiger partial charge in [0.25, 0.3) is 0 Å². The number of piperidine rings is 1. The molecule has 1 amide bonds. The fraction of sp³-hybridized carbons (Fsp3) is 0.588. The molecule has 2 atom stereocenters. The Labute approximate surface area is 128 Å². The number of benzene rings is 1. The molecule has 1 aliphatic carbocycles. The Morgan fingerprint density at radius 2 is 2.05 bits per heavy atom. The lowest BCUT2D eigenvalue weighted by atomic mass is 9.91. The highest BCUT2D eigenvalue weighted by Gasteiger charge is 2.62. The average molecular weight is 283 g/mol. The largest absolute Gasteiger partial charge is 0.444 e. The molecule has 3 nitrogen and oxygen atoms in total. The second-order valence-electron chi connectivity index (χ2n) is 7.32. The third-order valence-corrected chi connectivity index (χ3v) is 4.56. The molecule has 21 heavy (non-hydrogen) atoms. The molecular formula is C17H22BNO2. The van der Waals surface area contributed by atoms with E-state index < -0.39 is 5.60 Å². The number of ether oxygens (including phenoxy) is 1. The van der Waals surface area contributed by atoms with Gasteiger partial charge in [0.1, 0.15) is 5.60 Å². The number of nitrogens with zero attached hydrogens (tertiary/aromatic N) is 1. The maximum atomic E-state index is 12.2. The number of carbonyl (C=O) groups is 1. The Hall–Kier alpha value is -1.45. The Morgan fingerprint density at radius 1 is 1.38 bits per heavy atom. The SMILES string of the molecule is [B]Cc1ccc(C23CC2CN(C(=O)OC(C)(C)C)C3)cc1. The van der Waals surface area contributed by atoms with Gasteiger partial charge in [-0.05, 0) is 38.7 Å². The van der Waals surface area contributed by atoms with Gasteiger partial charge >= 0.3 is 6.09 Å². The van der Waals surface area contributed by atoms with Gasteiger partial charge in [-0.1, -0.05) is 36.1 Å². The fourth-order valence-electron chi connectivity index (χ4n) is 3.37. The van der Waals surface area contributed by atoms with Gasteiger partial charge in [0.05, 0.1) is 7.85 Å². The van der Waals surface area contributed by atoms with E-state index >= 15 is 0 Å². The first kappa shape index (κ1) is 14.5. The number of rotatable bonds is 2. The van der Waals surface area contributed by atoms with E-state index in [2.05, 4.69) is 24.3 Å². The van der Waals surface area contributed by atoms with Crippen LogP contribution in [0, 0.1) is 5.92 Å². The highest BCUT2D eigenvalue weighted by Crippen LogP contribution is 2.59. The zero-order valence-electron chi connectivity index (χ0n) is 13.1. The third kappa shape index (κ3) is 2.68. The highest BCUT2D eigenvalue weighted by molar-refractivity contribution is 6.08. The molecular weight excluding hydrogens is 261 g/mol. The molecule has 110 valence electrons. The summed E-state index contributed by atoms with van der Waals surface area (Å²) in [6.45, 7) is 7.30. The second-order valence-corrected chi connectivity index (χ2v) is 7.32. The summed E-state index contributed by atoms with van der Waals surface area (Å²) in [6.07, 6.45) is 1.56. The predicted octanol–water partition coefficient (Wildman–Crippen LogP) is 2.86. The van der Waals surface area contributed by atoms with Crippen molar-refractivity contribution >= 4 is 13.9 Å². The number of likely N-dealkylation sites (tertiary alicyclic amines) is 1. The second kappa shape index (κ2) is 4.79. The molecule has 4 heteroatoms. The van der Waals surface area contributed by atoms with Gasteiger partial charge in [0.2, 0.25) is 0 Å². The van der Waals surface area contributed by atoms with Crippen LogP contribution in [0.25, 0.3) is 0 Å². The van der Waals surface area contributed by atoms with Crippen molar-refractivity contribution in [2.24, 2.45) is 5.92 Å². The number of hydrogen-bond donors (Lipinski definition) is 0. The first-order valence-corrected chi connectivity index (χ1v) is 7.61. The molecule has 1 heterocycles. The van der Waals surface area contributed by atoms with Crippen LogP contribution in [0.5, 0.6) is 0 Å². The lowest BCUT2D eigenvalue weighted by molar-refractivity contribution is 0.0270. The summed E-state index contributed by atoms with van der Waals surface area (Å²) >= 11 is 0. The van der Waals surface area contributed by atoms with Gasteiger partial charge in [-0.25, -0.2) is 4.79 Å². The summed E-state index contributed by atoms with van der Waals surface area (Å²) in [6, 6.07) is 8.52. The van der Waals surface area contributed by atoms with Crippen molar-refractivity contribution < 1.29 is 9.53 Å². The Kier molecular flexibility index (Phi) is 3.30. The van der Waals surface area contributed by atoms with Crippen LogP contribution in [0.4, 0.5) is 4.79 Å². The first-order chi connectivity index (χ1) is 9.84. The average Bonchev–Trinajstić information content (AvgIpc) is 2.99. The van der Waals surface area contributed by atoms with Crippen molar-refractivity contribution in [2.45, 2.75) is 44.5 Å². The molecule has 0 spiro atoms. The van der Waals surface area contributed by atoms with Crippen molar-refractivity contribution in [3.63, 3.8) is 0 Å². The molecule has 1 saturated heterocycles. The van der Waals surface area contributed by atoms with Crippen molar-refractivity contribution in [3.05, 3.63) is 35.4 Å². The molecule has 1 aliphatic heterocycles. The van der Waals surface area contributed by atoms with Crippen LogP contribution in [0.2, 0.25) is 0 Å². The van der Waals surface area contributed by atoms with Crippen LogP contribution in [0.3, 0.4) is 0 Å². The van der Waals surface area contributed by atoms with Crippen LogP contribution in [-0.4, -0.2) is 37.5 Å². The van der Waals surface area contributed by atoms with E-state index in [1.54, 1.807) is 0 Å². The molecule has 2 fully saturated rings. The van der Waals surface area contributed by atoms with E-state index in [1.165, 1.54) is 12.0 Å². The lowest BCUT2D eigenvalue weighted by Gasteiger charge is -2.26. The van der Waals surface area contributed by atoms with Crippen LogP contribution >= 0.6 is 0 Å². The normalized spacial score (nSPS) is 27.4. The molecule has 2 unspecified atom stereocenters. The molecule has 3 rings (SSSR count). The van der Waals surface area contributed by atoms with Crippen LogP contribution < -0.4 is 0 Å². The zero-order chi connectivity index (χ0) is 15.3. The smallest absolute Gasteiger partial charge is 0.410 e. The van der Waals surface area contributed by atoms with E-state index in [9.17, 15) is 4.79 Å². The minimum Gasteiger partial charge on any atom is -0.444 e. The third-order valence-electron chi connectivity index (χ3n) is 4.56. The minimum absolute atomic E-state index is 0.157. The van der Waals surface area contributed by atoms with Gasteiger partial charge in [-0.3, -0.25) is 0 Å². The maximum Gasteiger partial charge on any atom is 0.410 e. The van der Waals surface area contributed by atoms with Gasteiger partial charge in [-0.15, -0.1) is 0 Å². The van der Waals surface area contributed by atoms with Gasteiger partial charge < -0.3 is 9.64 Å². The van der Waals surface area contributed by atoms with E-state index in [-0.39, 0.29) is 11.5 Å². The zero-order valence-corrected chi connectivity index (χ0v) is 13.1. The maximum absolute atomic E-state index is 12.2. The van der Waals surface area contributed by atoms with Gasteiger partial charge in [-0.2, -0.15) is 0 Å². The molecule has 2 aliphatic rings. The number of hydrogen-bond acceptors (Lipinski definition) is 2. The molecule has 0 aromatic heterocycles. The molecule has 1 saturated carbocycles. The van der Waals surface area contributed by atoms with Crippen molar-refractivity contribution in [1.82, 2.24) is 4.90 Å². The summed E-state index contributed by atoms with van der Waals surface area (Å²) in [7, 11) is 5.65. The molecule has 2 radical (unpaired) electrons. The Bertz CT molecular complexity index is 549. The van der Waals surface area contributed by atoms with E-state index in [4.69, 9.17) is 12.6 Å². The first-order valence-electron chi connectivity index (χ1n) is 7.61. The van der Waals surface area contributed by atoms with Crippen LogP contribution in [0.15, 0.2) is 24.3 Å². The standard InChI is InChI=1S/C17H22BNO2/c1-16(2,3)21-15(20)19-10-14-8-17(14,11-19)13-6-4-12(9-18)5-7-13/h4-7,14H,8-11H2,1-3H3. The van der Waals surface area contributed by atoms with Crippen molar-refractivity contribution in [3.8, 4) is 0 Å². The summed E-state index contributed by atoms with van der Waals surface area (Å²) in [5.41, 5.74) is 2.20. The molecule has 0 bridgehead atoms.